The highest BCUT2D eigenvalue weighted by atomic mass is 16.5. The average molecular weight is 890 g/mol. The lowest BCUT2D eigenvalue weighted by atomic mass is 10.0. The molecule has 0 saturated carbocycles. The number of amides is 1. The normalized spacial score (nSPS) is 14.0. The first kappa shape index (κ1) is 60.8. The highest BCUT2D eigenvalue weighted by Gasteiger charge is 2.24. The van der Waals surface area contributed by atoms with Gasteiger partial charge in [0.1, 0.15) is 6.10 Å². The van der Waals surface area contributed by atoms with Crippen LogP contribution in [0.1, 0.15) is 233 Å². The molecule has 3 atom stereocenters. The van der Waals surface area contributed by atoms with Crippen LogP contribution in [0.15, 0.2) is 97.2 Å². The minimum atomic E-state index is -0.811. The van der Waals surface area contributed by atoms with Gasteiger partial charge >= 0.3 is 5.97 Å². The van der Waals surface area contributed by atoms with E-state index in [0.29, 0.717) is 19.3 Å². The number of allylic oxidation sites excluding steroid dienone is 16. The van der Waals surface area contributed by atoms with Crippen LogP contribution < -0.4 is 5.32 Å². The molecule has 0 rings (SSSR count). The number of carbonyl (C=O) groups is 2. The summed E-state index contributed by atoms with van der Waals surface area (Å²) in [6.45, 7) is 6.29. The van der Waals surface area contributed by atoms with Gasteiger partial charge in [0.2, 0.25) is 5.91 Å². The van der Waals surface area contributed by atoms with Gasteiger partial charge in [-0.25, -0.2) is 0 Å². The van der Waals surface area contributed by atoms with Crippen LogP contribution in [0.5, 0.6) is 0 Å². The van der Waals surface area contributed by atoms with Gasteiger partial charge in [-0.15, -0.1) is 0 Å². The summed E-state index contributed by atoms with van der Waals surface area (Å²) in [5.74, 6) is -0.566. The molecule has 0 aliphatic carbocycles. The van der Waals surface area contributed by atoms with Crippen LogP contribution in [-0.2, 0) is 14.3 Å². The van der Waals surface area contributed by atoms with Crippen LogP contribution in [0.3, 0.4) is 0 Å². The summed E-state index contributed by atoms with van der Waals surface area (Å²) in [4.78, 5) is 26.2. The quantitative estimate of drug-likeness (QED) is 0.0245. The molecule has 0 radical (unpaired) electrons. The Morgan fingerprint density at radius 2 is 0.906 bits per heavy atom. The van der Waals surface area contributed by atoms with Crippen molar-refractivity contribution in [1.82, 2.24) is 5.32 Å². The van der Waals surface area contributed by atoms with E-state index in [9.17, 15) is 19.8 Å². The molecule has 6 heteroatoms. The zero-order chi connectivity index (χ0) is 46.7. The van der Waals surface area contributed by atoms with E-state index in [2.05, 4.69) is 80.8 Å². The molecule has 0 bridgehead atoms. The Morgan fingerprint density at radius 3 is 1.45 bits per heavy atom. The maximum atomic E-state index is 13.2. The minimum Gasteiger partial charge on any atom is -0.462 e. The molecule has 1 amide bonds. The van der Waals surface area contributed by atoms with Gasteiger partial charge in [-0.2, -0.15) is 0 Å². The number of aliphatic hydroxyl groups is 2. The summed E-state index contributed by atoms with van der Waals surface area (Å²) in [6, 6.07) is -0.729. The molecule has 3 N–H and O–H groups in total. The van der Waals surface area contributed by atoms with Crippen molar-refractivity contribution >= 4 is 11.9 Å². The smallest absolute Gasteiger partial charge is 0.306 e. The SMILES string of the molecule is CC/C=C/C=C/C=C\C=C/C=C/CCCCCC(=O)OC(CCCC/C=C\C/C=C\C/C=C\CCCCC)CC(=O)NC(CO)C(O)CCCCCCCCCCCCCCCCC. The van der Waals surface area contributed by atoms with E-state index in [4.69, 9.17) is 4.74 Å². The maximum Gasteiger partial charge on any atom is 0.306 e. The van der Waals surface area contributed by atoms with Gasteiger partial charge in [0, 0.05) is 6.42 Å². The summed E-state index contributed by atoms with van der Waals surface area (Å²) in [7, 11) is 0. The second-order valence-corrected chi connectivity index (χ2v) is 17.7. The van der Waals surface area contributed by atoms with Gasteiger partial charge in [0.15, 0.2) is 0 Å². The van der Waals surface area contributed by atoms with Crippen LogP contribution in [0.4, 0.5) is 0 Å². The lowest BCUT2D eigenvalue weighted by molar-refractivity contribution is -0.151. The summed E-state index contributed by atoms with van der Waals surface area (Å²) in [5, 5.41) is 23.8. The van der Waals surface area contributed by atoms with Crippen LogP contribution in [0.25, 0.3) is 0 Å². The molecule has 0 aromatic rings. The minimum absolute atomic E-state index is 0.0291. The number of unbranched alkanes of at least 4 members (excludes halogenated alkanes) is 22. The van der Waals surface area contributed by atoms with Crippen LogP contribution in [0.2, 0.25) is 0 Å². The first-order valence-corrected chi connectivity index (χ1v) is 26.5. The van der Waals surface area contributed by atoms with Crippen molar-refractivity contribution in [3.05, 3.63) is 97.2 Å². The van der Waals surface area contributed by atoms with Crippen LogP contribution >= 0.6 is 0 Å². The Kier molecular flexibility index (Phi) is 48.2. The molecule has 0 aliphatic rings. The number of hydrogen-bond acceptors (Lipinski definition) is 5. The van der Waals surface area contributed by atoms with E-state index >= 15 is 0 Å². The number of esters is 1. The summed E-state index contributed by atoms with van der Waals surface area (Å²) >= 11 is 0. The van der Waals surface area contributed by atoms with Gasteiger partial charge in [-0.3, -0.25) is 9.59 Å². The van der Waals surface area contributed by atoms with E-state index in [1.165, 1.54) is 103 Å². The topological polar surface area (TPSA) is 95.9 Å². The Morgan fingerprint density at radius 1 is 0.484 bits per heavy atom. The van der Waals surface area contributed by atoms with E-state index in [1.54, 1.807) is 0 Å². The lowest BCUT2D eigenvalue weighted by Gasteiger charge is -2.24. The first-order valence-electron chi connectivity index (χ1n) is 26.5. The number of carbonyl (C=O) groups excluding carboxylic acids is 2. The lowest BCUT2D eigenvalue weighted by Crippen LogP contribution is -2.46. The Balaban J connectivity index is 4.73. The maximum absolute atomic E-state index is 13.2. The predicted molar refractivity (Wildman–Crippen MR) is 277 cm³/mol. The first-order chi connectivity index (χ1) is 31.5. The van der Waals surface area contributed by atoms with Crippen molar-refractivity contribution in [3.8, 4) is 0 Å². The van der Waals surface area contributed by atoms with E-state index in [1.807, 2.05) is 42.5 Å². The molecule has 0 aromatic heterocycles. The molecule has 3 unspecified atom stereocenters. The fraction of sp³-hybridized carbons (Fsp3) is 0.690. The third-order valence-electron chi connectivity index (χ3n) is 11.5. The molecule has 0 saturated heterocycles. The molecule has 0 heterocycles. The highest BCUT2D eigenvalue weighted by molar-refractivity contribution is 5.77. The van der Waals surface area contributed by atoms with E-state index < -0.39 is 18.2 Å². The van der Waals surface area contributed by atoms with Crippen molar-refractivity contribution < 1.29 is 24.5 Å². The molecular formula is C58H99NO5. The predicted octanol–water partition coefficient (Wildman–Crippen LogP) is 16.1. The molecule has 0 aromatic carbocycles. The Bertz CT molecular complexity index is 1270. The third-order valence-corrected chi connectivity index (χ3v) is 11.5. The van der Waals surface area contributed by atoms with Gasteiger partial charge < -0.3 is 20.3 Å². The molecule has 64 heavy (non-hydrogen) atoms. The fourth-order valence-corrected chi connectivity index (χ4v) is 7.52. The van der Waals surface area contributed by atoms with Gasteiger partial charge in [-0.1, -0.05) is 234 Å². The van der Waals surface area contributed by atoms with Gasteiger partial charge in [0.05, 0.1) is 25.2 Å². The summed E-state index contributed by atoms with van der Waals surface area (Å²) in [5.41, 5.74) is 0. The number of hydrogen-bond donors (Lipinski definition) is 3. The average Bonchev–Trinajstić information content (AvgIpc) is 3.29. The molecular weight excluding hydrogens is 791 g/mol. The number of rotatable bonds is 46. The number of nitrogens with one attached hydrogen (secondary N) is 1. The van der Waals surface area contributed by atoms with Crippen LogP contribution in [-0.4, -0.2) is 46.9 Å². The molecule has 6 nitrogen and oxygen atoms in total. The zero-order valence-corrected chi connectivity index (χ0v) is 41.6. The van der Waals surface area contributed by atoms with Gasteiger partial charge in [0.25, 0.3) is 0 Å². The fourth-order valence-electron chi connectivity index (χ4n) is 7.52. The molecule has 0 fully saturated rings. The second-order valence-electron chi connectivity index (χ2n) is 17.7. The summed E-state index contributed by atoms with van der Waals surface area (Å²) < 4.78 is 5.90. The van der Waals surface area contributed by atoms with Crippen molar-refractivity contribution in [1.29, 1.82) is 0 Å². The van der Waals surface area contributed by atoms with Crippen molar-refractivity contribution in [2.45, 2.75) is 251 Å². The highest BCUT2D eigenvalue weighted by Crippen LogP contribution is 2.17. The van der Waals surface area contributed by atoms with Crippen molar-refractivity contribution in [2.75, 3.05) is 6.61 Å². The summed E-state index contributed by atoms with van der Waals surface area (Å²) in [6.07, 6.45) is 67.5. The molecule has 0 spiro atoms. The molecule has 366 valence electrons. The standard InChI is InChI=1S/C58H99NO5/c1-4-7-10-13-16-19-22-25-28-31-34-37-40-43-46-49-54(64-58(63)51-48-45-42-39-36-33-30-27-24-21-18-15-12-9-6-3)52-57(62)59-55(53-60)56(61)50-47-44-41-38-35-32-29-26-23-20-17-14-11-8-5-2/h9,12,15-16,18-19,21,24-25,27-28,30,33-34,36-37,54-56,60-61H,4-8,10-11,13-14,17,20,22-23,26,29,31-32,35,38-53H2,1-3H3,(H,59,62)/b12-9+,18-15+,19-16-,24-21-,28-25-,30-27-,36-33+,37-34-. The van der Waals surface area contributed by atoms with Crippen molar-refractivity contribution in [3.63, 3.8) is 0 Å². The third kappa shape index (κ3) is 45.4. The van der Waals surface area contributed by atoms with Crippen LogP contribution in [0, 0.1) is 0 Å². The largest absolute Gasteiger partial charge is 0.462 e. The van der Waals surface area contributed by atoms with Gasteiger partial charge in [-0.05, 0) is 83.5 Å². The molecule has 0 aliphatic heterocycles. The number of ether oxygens (including phenoxy) is 1. The van der Waals surface area contributed by atoms with E-state index in [-0.39, 0.29) is 24.9 Å². The van der Waals surface area contributed by atoms with Crippen molar-refractivity contribution in [2.24, 2.45) is 0 Å². The Labute approximate surface area is 395 Å². The van der Waals surface area contributed by atoms with E-state index in [0.717, 1.165) is 83.5 Å². The Hall–Kier alpha value is -3.22. The monoisotopic (exact) mass is 890 g/mol. The second kappa shape index (κ2) is 50.8. The zero-order valence-electron chi connectivity index (χ0n) is 41.6. The number of aliphatic hydroxyl groups excluding tert-OH is 2.